The van der Waals surface area contributed by atoms with Crippen molar-refractivity contribution in [3.05, 3.63) is 54.6 Å². The average molecular weight is 268 g/mol. The summed E-state index contributed by atoms with van der Waals surface area (Å²) in [7, 11) is 5.85. The van der Waals surface area contributed by atoms with Crippen molar-refractivity contribution in [1.29, 1.82) is 0 Å². The Morgan fingerprint density at radius 2 is 1.52 bits per heavy atom. The molecule has 21 heavy (non-hydrogen) atoms. The lowest BCUT2D eigenvalue weighted by Gasteiger charge is -1.92. The molecule has 0 N–H and O–H groups in total. The fourth-order valence-corrected chi connectivity index (χ4v) is 3.06. The molecule has 0 bridgehead atoms. The Balaban J connectivity index is 2.10. The minimum atomic E-state index is 0.704. The van der Waals surface area contributed by atoms with Gasteiger partial charge in [0.1, 0.15) is 30.2 Å². The summed E-state index contributed by atoms with van der Waals surface area (Å²) in [5.41, 5.74) is 4.09. The number of hydrogen-bond acceptors (Lipinski definition) is 2. The third-order valence-corrected chi connectivity index (χ3v) is 4.00. The Morgan fingerprint density at radius 1 is 0.667 bits per heavy atom. The van der Waals surface area contributed by atoms with Gasteiger partial charge in [-0.25, -0.2) is 0 Å². The van der Waals surface area contributed by atoms with Crippen molar-refractivity contribution in [3.63, 3.8) is 0 Å². The monoisotopic (exact) mass is 268 g/mol. The normalized spacial score (nSPS) is 12.0. The highest BCUT2D eigenvalue weighted by molar-refractivity contribution is 6.33. The van der Waals surface area contributed by atoms with Crippen molar-refractivity contribution in [3.8, 4) is 0 Å². The van der Waals surface area contributed by atoms with Gasteiger partial charge in [-0.05, 0) is 24.3 Å². The first kappa shape index (κ1) is 11.0. The molecule has 96 valence electrons. The van der Waals surface area contributed by atoms with Gasteiger partial charge in [-0.2, -0.15) is 0 Å². The first-order valence-corrected chi connectivity index (χ1v) is 6.83. The lowest BCUT2D eigenvalue weighted by Crippen LogP contribution is -1.98. The van der Waals surface area contributed by atoms with E-state index in [-0.39, 0.29) is 0 Å². The highest BCUT2D eigenvalue weighted by Gasteiger charge is 2.15. The molecule has 2 heterocycles. The molecule has 2 aromatic heterocycles. The van der Waals surface area contributed by atoms with E-state index in [4.69, 9.17) is 16.7 Å². The second-order valence-corrected chi connectivity index (χ2v) is 5.27. The molecule has 0 aliphatic heterocycles. The molecule has 0 atom stereocenters. The summed E-state index contributed by atoms with van der Waals surface area (Å²) in [5, 5.41) is 4.26. The van der Waals surface area contributed by atoms with E-state index in [0.29, 0.717) is 5.46 Å². The van der Waals surface area contributed by atoms with E-state index >= 15 is 0 Å². The second-order valence-electron chi connectivity index (χ2n) is 5.27. The minimum Gasteiger partial charge on any atom is -0.456 e. The number of fused-ring (bicyclic) bond motifs is 7. The van der Waals surface area contributed by atoms with E-state index in [0.717, 1.165) is 43.9 Å². The van der Waals surface area contributed by atoms with E-state index in [1.54, 1.807) is 0 Å². The topological polar surface area (TPSA) is 26.3 Å². The van der Waals surface area contributed by atoms with Crippen LogP contribution in [-0.2, 0) is 0 Å². The molecule has 0 saturated carbocycles. The lowest BCUT2D eigenvalue weighted by atomic mass is 9.95. The summed E-state index contributed by atoms with van der Waals surface area (Å²) >= 11 is 0. The number of benzene rings is 3. The third-order valence-electron chi connectivity index (χ3n) is 4.00. The molecule has 2 nitrogen and oxygen atoms in total. The van der Waals surface area contributed by atoms with Crippen LogP contribution in [0.4, 0.5) is 0 Å². The molecule has 5 aromatic rings. The fraction of sp³-hybridized carbons (Fsp3) is 0. The van der Waals surface area contributed by atoms with E-state index < -0.39 is 0 Å². The molecular formula is C18H9BO2. The molecule has 0 spiro atoms. The van der Waals surface area contributed by atoms with Crippen LogP contribution in [-0.4, -0.2) is 7.85 Å². The van der Waals surface area contributed by atoms with Crippen LogP contribution < -0.4 is 5.46 Å². The minimum absolute atomic E-state index is 0.704. The quantitative estimate of drug-likeness (QED) is 0.392. The van der Waals surface area contributed by atoms with Crippen LogP contribution in [0.1, 0.15) is 0 Å². The Labute approximate surface area is 121 Å². The summed E-state index contributed by atoms with van der Waals surface area (Å²) in [6.07, 6.45) is 0. The first-order valence-electron chi connectivity index (χ1n) is 6.83. The molecule has 5 rings (SSSR count). The molecule has 0 amide bonds. The maximum Gasteiger partial charge on any atom is 0.147 e. The van der Waals surface area contributed by atoms with Crippen molar-refractivity contribution in [2.24, 2.45) is 0 Å². The zero-order chi connectivity index (χ0) is 14.0. The number of furan rings is 2. The molecule has 0 aliphatic rings. The molecular weight excluding hydrogens is 259 g/mol. The van der Waals surface area contributed by atoms with Crippen LogP contribution in [0.5, 0.6) is 0 Å². The Kier molecular flexibility index (Phi) is 1.94. The van der Waals surface area contributed by atoms with Crippen LogP contribution in [0.25, 0.3) is 43.9 Å². The standard InChI is InChI=1S/C18H9BO2/c19-10-5-6-11-12-7-8-15-17(18(12)21-16(11)9-10)13-3-1-2-4-14(13)20-15/h1-9H. The van der Waals surface area contributed by atoms with Gasteiger partial charge in [-0.1, -0.05) is 35.8 Å². The lowest BCUT2D eigenvalue weighted by molar-refractivity contribution is 0.663. The van der Waals surface area contributed by atoms with Crippen LogP contribution in [0, 0.1) is 0 Å². The summed E-state index contributed by atoms with van der Waals surface area (Å²) < 4.78 is 12.0. The number of hydrogen-bond donors (Lipinski definition) is 0. The van der Waals surface area contributed by atoms with E-state index in [2.05, 4.69) is 6.07 Å². The smallest absolute Gasteiger partial charge is 0.147 e. The third kappa shape index (κ3) is 1.38. The summed E-state index contributed by atoms with van der Waals surface area (Å²) in [6, 6.07) is 17.8. The first-order chi connectivity index (χ1) is 10.3. The fourth-order valence-electron chi connectivity index (χ4n) is 3.06. The van der Waals surface area contributed by atoms with Gasteiger partial charge < -0.3 is 8.83 Å². The largest absolute Gasteiger partial charge is 0.456 e. The average Bonchev–Trinajstić information content (AvgIpc) is 3.03. The van der Waals surface area contributed by atoms with Crippen LogP contribution in [0.2, 0.25) is 0 Å². The Morgan fingerprint density at radius 3 is 2.48 bits per heavy atom. The molecule has 2 radical (unpaired) electrons. The number of para-hydroxylation sites is 1. The van der Waals surface area contributed by atoms with Crippen molar-refractivity contribution in [1.82, 2.24) is 0 Å². The zero-order valence-corrected chi connectivity index (χ0v) is 11.1. The van der Waals surface area contributed by atoms with E-state index in [1.807, 2.05) is 48.5 Å². The van der Waals surface area contributed by atoms with Gasteiger partial charge in [0.05, 0.1) is 5.39 Å². The van der Waals surface area contributed by atoms with Crippen LogP contribution in [0.3, 0.4) is 0 Å². The maximum absolute atomic E-state index is 6.07. The summed E-state index contributed by atoms with van der Waals surface area (Å²) in [4.78, 5) is 0. The molecule has 0 unspecified atom stereocenters. The molecule has 3 aromatic carbocycles. The molecule has 3 heteroatoms. The molecule has 0 aliphatic carbocycles. The van der Waals surface area contributed by atoms with Crippen molar-refractivity contribution in [2.75, 3.05) is 0 Å². The Hall–Kier alpha value is -2.68. The summed E-state index contributed by atoms with van der Waals surface area (Å²) in [5.74, 6) is 0. The molecule has 0 fully saturated rings. The van der Waals surface area contributed by atoms with Gasteiger partial charge in [0, 0.05) is 16.2 Å². The highest BCUT2D eigenvalue weighted by atomic mass is 16.3. The second kappa shape index (κ2) is 3.70. The Bertz CT molecular complexity index is 1150. The van der Waals surface area contributed by atoms with Crippen molar-refractivity contribution in [2.45, 2.75) is 0 Å². The van der Waals surface area contributed by atoms with Crippen molar-refractivity contribution < 1.29 is 8.83 Å². The zero-order valence-electron chi connectivity index (χ0n) is 11.1. The van der Waals surface area contributed by atoms with Gasteiger partial charge in [-0.3, -0.25) is 0 Å². The van der Waals surface area contributed by atoms with Gasteiger partial charge >= 0.3 is 0 Å². The van der Waals surface area contributed by atoms with Gasteiger partial charge in [0.15, 0.2) is 0 Å². The van der Waals surface area contributed by atoms with Crippen LogP contribution in [0.15, 0.2) is 63.4 Å². The number of rotatable bonds is 0. The van der Waals surface area contributed by atoms with Gasteiger partial charge in [0.25, 0.3) is 0 Å². The van der Waals surface area contributed by atoms with Gasteiger partial charge in [0.2, 0.25) is 0 Å². The predicted molar refractivity (Wildman–Crippen MR) is 86.4 cm³/mol. The van der Waals surface area contributed by atoms with E-state index in [9.17, 15) is 0 Å². The van der Waals surface area contributed by atoms with Gasteiger partial charge in [-0.15, -0.1) is 0 Å². The van der Waals surface area contributed by atoms with E-state index in [1.165, 1.54) is 0 Å². The predicted octanol–water partition coefficient (Wildman–Crippen LogP) is 4.28. The van der Waals surface area contributed by atoms with Crippen molar-refractivity contribution >= 4 is 57.2 Å². The molecule has 0 saturated heterocycles. The van der Waals surface area contributed by atoms with Crippen LogP contribution >= 0.6 is 0 Å². The maximum atomic E-state index is 6.07. The highest BCUT2D eigenvalue weighted by Crippen LogP contribution is 2.38. The summed E-state index contributed by atoms with van der Waals surface area (Å²) in [6.45, 7) is 0. The SMILES string of the molecule is [B]c1ccc2c(c1)oc1c2ccc2oc3ccccc3c21.